The van der Waals surface area contributed by atoms with Crippen LogP contribution in [0, 0.1) is 0 Å². The van der Waals surface area contributed by atoms with Crippen molar-refractivity contribution in [3.05, 3.63) is 174 Å². The van der Waals surface area contributed by atoms with Crippen molar-refractivity contribution < 1.29 is 28.5 Å². The summed E-state index contributed by atoms with van der Waals surface area (Å²) >= 11 is 1.56. The Bertz CT molecular complexity index is 1620. The molecule has 0 bridgehead atoms. The fraction of sp³-hybridized carbons (Fsp3) is 0.225. The molecule has 1 saturated heterocycles. The van der Waals surface area contributed by atoms with Gasteiger partial charge < -0.3 is 23.7 Å². The van der Waals surface area contributed by atoms with E-state index in [-0.39, 0.29) is 6.61 Å². The second-order valence-corrected chi connectivity index (χ2v) is 12.4. The fourth-order valence-electron chi connectivity index (χ4n) is 5.42. The van der Waals surface area contributed by atoms with Crippen LogP contribution in [0.4, 0.5) is 0 Å². The maximum absolute atomic E-state index is 13.6. The molecular formula is C40H38O6S. The minimum atomic E-state index is -0.824. The lowest BCUT2D eigenvalue weighted by Gasteiger charge is -2.45. The molecule has 0 spiro atoms. The molecule has 0 aliphatic carbocycles. The van der Waals surface area contributed by atoms with Crippen molar-refractivity contribution in [3.8, 4) is 0 Å². The van der Waals surface area contributed by atoms with Crippen molar-refractivity contribution in [2.45, 2.75) is 54.6 Å². The molecule has 1 heterocycles. The highest BCUT2D eigenvalue weighted by molar-refractivity contribution is 7.99. The Balaban J connectivity index is 1.33. The van der Waals surface area contributed by atoms with Crippen molar-refractivity contribution in [2.24, 2.45) is 0 Å². The molecule has 5 aromatic carbocycles. The first-order valence-corrected chi connectivity index (χ1v) is 16.7. The van der Waals surface area contributed by atoms with Gasteiger partial charge in [0.25, 0.3) is 0 Å². The molecule has 5 atom stereocenters. The van der Waals surface area contributed by atoms with Crippen LogP contribution in [-0.4, -0.2) is 42.4 Å². The zero-order valence-corrected chi connectivity index (χ0v) is 26.8. The third-order valence-electron chi connectivity index (χ3n) is 7.80. The Hall–Kier alpha value is -4.24. The number of carbonyl (C=O) groups is 1. The van der Waals surface area contributed by atoms with Gasteiger partial charge in [0.1, 0.15) is 23.7 Å². The highest BCUT2D eigenvalue weighted by atomic mass is 32.2. The minimum absolute atomic E-state index is 0.185. The molecule has 1 aliphatic heterocycles. The molecule has 0 saturated carbocycles. The topological polar surface area (TPSA) is 63.2 Å². The van der Waals surface area contributed by atoms with Gasteiger partial charge in [-0.3, -0.25) is 0 Å². The van der Waals surface area contributed by atoms with Gasteiger partial charge in [0.2, 0.25) is 0 Å². The summed E-state index contributed by atoms with van der Waals surface area (Å²) in [5, 5.41) is 0. The first-order chi connectivity index (χ1) is 23.2. The van der Waals surface area contributed by atoms with E-state index in [9.17, 15) is 4.79 Å². The van der Waals surface area contributed by atoms with Crippen LogP contribution >= 0.6 is 11.8 Å². The number of thioether (sulfide) groups is 1. The molecule has 3 unspecified atom stereocenters. The third kappa shape index (κ3) is 9.41. The van der Waals surface area contributed by atoms with Gasteiger partial charge in [-0.15, -0.1) is 0 Å². The molecule has 0 N–H and O–H groups in total. The van der Waals surface area contributed by atoms with E-state index >= 15 is 0 Å². The molecule has 0 aromatic heterocycles. The van der Waals surface area contributed by atoms with Gasteiger partial charge in [-0.25, -0.2) is 4.79 Å². The Morgan fingerprint density at radius 2 is 1.02 bits per heavy atom. The summed E-state index contributed by atoms with van der Waals surface area (Å²) in [6.07, 6.45) is -2.73. The van der Waals surface area contributed by atoms with Crippen LogP contribution in [0.1, 0.15) is 27.0 Å². The number of hydrogen-bond donors (Lipinski definition) is 0. The van der Waals surface area contributed by atoms with Crippen LogP contribution in [0.5, 0.6) is 0 Å². The quantitative estimate of drug-likeness (QED) is 0.113. The Kier molecular flexibility index (Phi) is 11.9. The van der Waals surface area contributed by atoms with Crippen LogP contribution in [0.15, 0.2) is 157 Å². The van der Waals surface area contributed by atoms with Gasteiger partial charge in [0.15, 0.2) is 6.10 Å². The van der Waals surface area contributed by atoms with E-state index in [0.717, 1.165) is 21.6 Å². The summed E-state index contributed by atoms with van der Waals surface area (Å²) in [5.41, 5.74) is 3.01. The summed E-state index contributed by atoms with van der Waals surface area (Å²) in [4.78, 5) is 14.6. The van der Waals surface area contributed by atoms with Gasteiger partial charge >= 0.3 is 5.97 Å². The standard InChI is InChI=1S/C40H38O6S/c41-39(33-22-12-4-13-23-33)46-36-35(29-42-26-30-16-6-1-7-17-30)45-40(47-34-24-14-5-15-25-34)38(44-28-32-20-10-3-11-21-32)37(36)43-27-31-18-8-2-9-19-31/h1-25,35-38,40H,26-29H2/t35?,36-,37?,38?,40-/m0/s1. The van der Waals surface area contributed by atoms with Crippen molar-refractivity contribution in [1.82, 2.24) is 0 Å². The predicted octanol–water partition coefficient (Wildman–Crippen LogP) is 8.12. The van der Waals surface area contributed by atoms with Crippen LogP contribution in [-0.2, 0) is 43.5 Å². The van der Waals surface area contributed by atoms with Crippen LogP contribution < -0.4 is 0 Å². The highest BCUT2D eigenvalue weighted by Gasteiger charge is 2.50. The van der Waals surface area contributed by atoms with E-state index in [4.69, 9.17) is 23.7 Å². The molecule has 0 radical (unpaired) electrons. The van der Waals surface area contributed by atoms with Crippen LogP contribution in [0.25, 0.3) is 0 Å². The monoisotopic (exact) mass is 646 g/mol. The Morgan fingerprint density at radius 3 is 1.57 bits per heavy atom. The molecule has 6 nitrogen and oxygen atoms in total. The molecule has 7 heteroatoms. The van der Waals surface area contributed by atoms with E-state index in [1.54, 1.807) is 23.9 Å². The summed E-state index contributed by atoms with van der Waals surface area (Å²) in [5.74, 6) is -0.462. The predicted molar refractivity (Wildman–Crippen MR) is 183 cm³/mol. The normalized spacial score (nSPS) is 20.8. The number of ether oxygens (including phenoxy) is 5. The van der Waals surface area contributed by atoms with Gasteiger partial charge in [-0.2, -0.15) is 0 Å². The van der Waals surface area contributed by atoms with E-state index in [1.807, 2.05) is 140 Å². The lowest BCUT2D eigenvalue weighted by atomic mass is 9.98. The van der Waals surface area contributed by atoms with E-state index in [1.165, 1.54) is 0 Å². The lowest BCUT2D eigenvalue weighted by molar-refractivity contribution is -0.240. The number of hydrogen-bond acceptors (Lipinski definition) is 7. The van der Waals surface area contributed by atoms with Crippen LogP contribution in [0.3, 0.4) is 0 Å². The number of carbonyl (C=O) groups excluding carboxylic acids is 1. The van der Waals surface area contributed by atoms with Crippen molar-refractivity contribution in [3.63, 3.8) is 0 Å². The molecule has 1 aliphatic rings. The molecule has 240 valence electrons. The summed E-state index contributed by atoms with van der Waals surface area (Å²) in [6.45, 7) is 1.21. The smallest absolute Gasteiger partial charge is 0.338 e. The Morgan fingerprint density at radius 1 is 0.553 bits per heavy atom. The number of rotatable bonds is 14. The summed E-state index contributed by atoms with van der Waals surface area (Å²) < 4.78 is 32.8. The number of benzene rings is 5. The van der Waals surface area contributed by atoms with Gasteiger partial charge in [-0.05, 0) is 41.0 Å². The van der Waals surface area contributed by atoms with E-state index in [2.05, 4.69) is 0 Å². The van der Waals surface area contributed by atoms with E-state index in [0.29, 0.717) is 25.4 Å². The first kappa shape index (κ1) is 32.7. The van der Waals surface area contributed by atoms with Crippen molar-refractivity contribution >= 4 is 17.7 Å². The largest absolute Gasteiger partial charge is 0.453 e. The first-order valence-electron chi connectivity index (χ1n) is 15.8. The average molecular weight is 647 g/mol. The zero-order valence-electron chi connectivity index (χ0n) is 26.0. The maximum Gasteiger partial charge on any atom is 0.338 e. The molecular weight excluding hydrogens is 609 g/mol. The molecule has 1 fully saturated rings. The third-order valence-corrected chi connectivity index (χ3v) is 8.96. The lowest BCUT2D eigenvalue weighted by Crippen LogP contribution is -2.60. The molecule has 5 aromatic rings. The maximum atomic E-state index is 13.6. The second kappa shape index (κ2) is 17.1. The van der Waals surface area contributed by atoms with Crippen molar-refractivity contribution in [1.29, 1.82) is 0 Å². The Labute approximate surface area is 280 Å². The second-order valence-electron chi connectivity index (χ2n) is 11.2. The minimum Gasteiger partial charge on any atom is -0.453 e. The van der Waals surface area contributed by atoms with Crippen LogP contribution in [0.2, 0.25) is 0 Å². The molecule has 47 heavy (non-hydrogen) atoms. The van der Waals surface area contributed by atoms with Gasteiger partial charge in [0.05, 0.1) is 32.0 Å². The number of esters is 1. The average Bonchev–Trinajstić information content (AvgIpc) is 3.13. The fourth-order valence-corrected chi connectivity index (χ4v) is 6.56. The zero-order chi connectivity index (χ0) is 32.1. The summed E-state index contributed by atoms with van der Waals surface area (Å²) in [6, 6.07) is 49.0. The summed E-state index contributed by atoms with van der Waals surface area (Å²) in [7, 11) is 0. The van der Waals surface area contributed by atoms with Gasteiger partial charge in [-0.1, -0.05) is 139 Å². The van der Waals surface area contributed by atoms with Crippen molar-refractivity contribution in [2.75, 3.05) is 6.61 Å². The van der Waals surface area contributed by atoms with Gasteiger partial charge in [0, 0.05) is 4.90 Å². The molecule has 6 rings (SSSR count). The highest BCUT2D eigenvalue weighted by Crippen LogP contribution is 2.38. The van der Waals surface area contributed by atoms with E-state index < -0.39 is 35.8 Å². The SMILES string of the molecule is O=C(O[C@H]1C(COCc2ccccc2)O[C@@H](Sc2ccccc2)C(OCc2ccccc2)C1OCc1ccccc1)c1ccccc1. The molecule has 0 amide bonds.